The zero-order chi connectivity index (χ0) is 11.3. The van der Waals surface area contributed by atoms with Crippen molar-refractivity contribution < 1.29 is 9.15 Å². The average molecular weight is 206 g/mol. The molecular weight excluding hydrogens is 188 g/mol. The van der Waals surface area contributed by atoms with E-state index < -0.39 is 0 Å². The minimum Gasteiger partial charge on any atom is -0.497 e. The van der Waals surface area contributed by atoms with Gasteiger partial charge in [0.1, 0.15) is 11.3 Å². The number of furan rings is 1. The van der Waals surface area contributed by atoms with Gasteiger partial charge in [0.2, 0.25) is 0 Å². The molecule has 1 heterocycles. The number of methoxy groups -OCH3 is 1. The first-order valence-corrected chi connectivity index (χ1v) is 5.39. The molecule has 0 aliphatic carbocycles. The van der Waals surface area contributed by atoms with Crippen LogP contribution in [0.5, 0.6) is 5.75 Å². The van der Waals surface area contributed by atoms with E-state index in [4.69, 9.17) is 9.15 Å². The van der Waals surface area contributed by atoms with Crippen LogP contribution in [0.25, 0.3) is 11.0 Å². The molecule has 0 radical (unpaired) electrons. The topological polar surface area (TPSA) is 22.4 Å². The molecule has 82 valence electrons. The van der Waals surface area contributed by atoms with Crippen LogP contribution >= 0.6 is 0 Å². The summed E-state index contributed by atoms with van der Waals surface area (Å²) in [6.45, 7) is 6.12. The predicted octanol–water partition coefficient (Wildman–Crippen LogP) is 4.03. The third-order valence-electron chi connectivity index (χ3n) is 2.24. The number of rotatable bonds is 2. The molecule has 0 aliphatic rings. The predicted molar refractivity (Wildman–Crippen MR) is 63.5 cm³/mol. The van der Waals surface area contributed by atoms with Crippen molar-refractivity contribution in [1.29, 1.82) is 0 Å². The molecule has 0 spiro atoms. The molecule has 0 atom stereocenters. The first-order chi connectivity index (χ1) is 7.35. The molecule has 2 heteroatoms. The van der Waals surface area contributed by atoms with Crippen molar-refractivity contribution in [3.05, 3.63) is 30.0 Å². The van der Waals surface area contributed by atoms with Gasteiger partial charge >= 0.3 is 0 Å². The summed E-state index contributed by atoms with van der Waals surface area (Å²) in [5.74, 6) is 0.838. The van der Waals surface area contributed by atoms with Crippen molar-refractivity contribution in [2.24, 2.45) is 0 Å². The Morgan fingerprint density at radius 1 is 1.27 bits per heavy atom. The van der Waals surface area contributed by atoms with Gasteiger partial charge in [-0.15, -0.1) is 0 Å². The highest BCUT2D eigenvalue weighted by molar-refractivity contribution is 5.82. The van der Waals surface area contributed by atoms with Crippen LogP contribution in [0, 0.1) is 0 Å². The molecule has 15 heavy (non-hydrogen) atoms. The second-order valence-electron chi connectivity index (χ2n) is 2.98. The SMILES string of the molecule is CC.CCc1coc2cc(OC)ccc12. The third kappa shape index (κ3) is 2.32. The van der Waals surface area contributed by atoms with Gasteiger partial charge in [-0.2, -0.15) is 0 Å². The van der Waals surface area contributed by atoms with Crippen molar-refractivity contribution in [2.45, 2.75) is 27.2 Å². The monoisotopic (exact) mass is 206 g/mol. The van der Waals surface area contributed by atoms with Crippen molar-refractivity contribution in [3.8, 4) is 5.75 Å². The van der Waals surface area contributed by atoms with E-state index in [9.17, 15) is 0 Å². The van der Waals surface area contributed by atoms with Crippen LogP contribution < -0.4 is 4.74 Å². The molecule has 0 fully saturated rings. The summed E-state index contributed by atoms with van der Waals surface area (Å²) >= 11 is 0. The van der Waals surface area contributed by atoms with Gasteiger partial charge in [0.25, 0.3) is 0 Å². The minimum atomic E-state index is 0.838. The van der Waals surface area contributed by atoms with Crippen LogP contribution in [-0.4, -0.2) is 7.11 Å². The van der Waals surface area contributed by atoms with E-state index >= 15 is 0 Å². The molecule has 0 bridgehead atoms. The highest BCUT2D eigenvalue weighted by Crippen LogP contribution is 2.25. The zero-order valence-electron chi connectivity index (χ0n) is 9.83. The van der Waals surface area contributed by atoms with Crippen molar-refractivity contribution in [3.63, 3.8) is 0 Å². The fraction of sp³-hybridized carbons (Fsp3) is 0.385. The molecule has 2 aromatic rings. The van der Waals surface area contributed by atoms with Crippen LogP contribution in [-0.2, 0) is 6.42 Å². The molecule has 0 N–H and O–H groups in total. The molecular formula is C13H18O2. The zero-order valence-corrected chi connectivity index (χ0v) is 9.83. The van der Waals surface area contributed by atoms with Crippen LogP contribution in [0.1, 0.15) is 26.3 Å². The maximum atomic E-state index is 5.40. The largest absolute Gasteiger partial charge is 0.497 e. The Morgan fingerprint density at radius 3 is 2.60 bits per heavy atom. The summed E-state index contributed by atoms with van der Waals surface area (Å²) in [5.41, 5.74) is 2.15. The Kier molecular flexibility index (Phi) is 4.22. The number of ether oxygens (including phenoxy) is 1. The Balaban J connectivity index is 0.000000531. The summed E-state index contributed by atoms with van der Waals surface area (Å²) in [4.78, 5) is 0. The van der Waals surface area contributed by atoms with Gasteiger partial charge in [0, 0.05) is 11.5 Å². The summed E-state index contributed by atoms with van der Waals surface area (Å²) < 4.78 is 10.5. The van der Waals surface area contributed by atoms with Crippen LogP contribution in [0.3, 0.4) is 0 Å². The quantitative estimate of drug-likeness (QED) is 0.740. The molecule has 0 amide bonds. The maximum Gasteiger partial charge on any atom is 0.137 e. The summed E-state index contributed by atoms with van der Waals surface area (Å²) in [6.07, 6.45) is 2.81. The number of fused-ring (bicyclic) bond motifs is 1. The fourth-order valence-corrected chi connectivity index (χ4v) is 1.46. The smallest absolute Gasteiger partial charge is 0.137 e. The fourth-order valence-electron chi connectivity index (χ4n) is 1.46. The van der Waals surface area contributed by atoms with Crippen molar-refractivity contribution in [2.75, 3.05) is 7.11 Å². The van der Waals surface area contributed by atoms with E-state index in [-0.39, 0.29) is 0 Å². The molecule has 0 aliphatic heterocycles. The van der Waals surface area contributed by atoms with E-state index in [0.29, 0.717) is 0 Å². The van der Waals surface area contributed by atoms with Crippen molar-refractivity contribution in [1.82, 2.24) is 0 Å². The minimum absolute atomic E-state index is 0.838. The van der Waals surface area contributed by atoms with Gasteiger partial charge in [0.15, 0.2) is 0 Å². The Bertz CT molecular complexity index is 415. The average Bonchev–Trinajstić information content (AvgIpc) is 2.73. The van der Waals surface area contributed by atoms with Gasteiger partial charge in [0.05, 0.1) is 13.4 Å². The Labute approximate surface area is 90.9 Å². The Morgan fingerprint density at radius 2 is 2.00 bits per heavy atom. The lowest BCUT2D eigenvalue weighted by molar-refractivity contribution is 0.414. The molecule has 0 saturated heterocycles. The van der Waals surface area contributed by atoms with Gasteiger partial charge in [-0.3, -0.25) is 0 Å². The number of hydrogen-bond acceptors (Lipinski definition) is 2. The number of hydrogen-bond donors (Lipinski definition) is 0. The highest BCUT2D eigenvalue weighted by atomic mass is 16.5. The highest BCUT2D eigenvalue weighted by Gasteiger charge is 2.04. The van der Waals surface area contributed by atoms with Gasteiger partial charge in [-0.05, 0) is 24.1 Å². The van der Waals surface area contributed by atoms with E-state index in [1.807, 2.05) is 38.3 Å². The summed E-state index contributed by atoms with van der Waals surface area (Å²) in [5, 5.41) is 1.18. The van der Waals surface area contributed by atoms with Crippen LogP contribution in [0.2, 0.25) is 0 Å². The molecule has 1 aromatic carbocycles. The second kappa shape index (κ2) is 5.44. The van der Waals surface area contributed by atoms with Crippen molar-refractivity contribution >= 4 is 11.0 Å². The molecule has 2 nitrogen and oxygen atoms in total. The molecule has 0 unspecified atom stereocenters. The summed E-state index contributed by atoms with van der Waals surface area (Å²) in [7, 11) is 1.66. The van der Waals surface area contributed by atoms with E-state index in [0.717, 1.165) is 17.8 Å². The Hall–Kier alpha value is -1.44. The van der Waals surface area contributed by atoms with Crippen LogP contribution in [0.15, 0.2) is 28.9 Å². The van der Waals surface area contributed by atoms with Gasteiger partial charge < -0.3 is 9.15 Å². The van der Waals surface area contributed by atoms with E-state index in [1.54, 1.807) is 7.11 Å². The number of aryl methyl sites for hydroxylation is 1. The van der Waals surface area contributed by atoms with E-state index in [2.05, 4.69) is 6.92 Å². The molecule has 2 rings (SSSR count). The lowest BCUT2D eigenvalue weighted by atomic mass is 10.1. The van der Waals surface area contributed by atoms with Gasteiger partial charge in [-0.25, -0.2) is 0 Å². The maximum absolute atomic E-state index is 5.40. The normalized spacial score (nSPS) is 9.60. The second-order valence-corrected chi connectivity index (χ2v) is 2.98. The molecule has 1 aromatic heterocycles. The van der Waals surface area contributed by atoms with Gasteiger partial charge in [-0.1, -0.05) is 20.8 Å². The number of benzene rings is 1. The van der Waals surface area contributed by atoms with Crippen LogP contribution in [0.4, 0.5) is 0 Å². The lowest BCUT2D eigenvalue weighted by Gasteiger charge is -1.97. The standard InChI is InChI=1S/C11H12O2.C2H6/c1-3-8-7-13-11-6-9(12-2)4-5-10(8)11;1-2/h4-7H,3H2,1-2H3;1-2H3. The van der Waals surface area contributed by atoms with E-state index in [1.165, 1.54) is 10.9 Å². The first kappa shape index (κ1) is 11.6. The summed E-state index contributed by atoms with van der Waals surface area (Å²) in [6, 6.07) is 5.90. The third-order valence-corrected chi connectivity index (χ3v) is 2.24. The first-order valence-electron chi connectivity index (χ1n) is 5.39. The lowest BCUT2D eigenvalue weighted by Crippen LogP contribution is -1.81. The molecule has 0 saturated carbocycles.